The van der Waals surface area contributed by atoms with Crippen LogP contribution in [-0.2, 0) is 25.7 Å². The molecule has 1 aliphatic heterocycles. The molecule has 2 N–H and O–H groups in total. The third-order valence-corrected chi connectivity index (χ3v) is 6.66. The fourth-order valence-corrected chi connectivity index (χ4v) is 5.00. The summed E-state index contributed by atoms with van der Waals surface area (Å²) in [5, 5.41) is 13.0. The van der Waals surface area contributed by atoms with E-state index in [0.29, 0.717) is 6.54 Å². The summed E-state index contributed by atoms with van der Waals surface area (Å²) in [6.07, 6.45) is 3.80. The molecule has 0 aromatic heterocycles. The van der Waals surface area contributed by atoms with Crippen LogP contribution < -0.4 is 5.32 Å². The molecule has 2 amide bonds. The monoisotopic (exact) mass is 442 g/mol. The molecule has 1 heterocycles. The van der Waals surface area contributed by atoms with Crippen LogP contribution in [0.4, 0.5) is 0 Å². The lowest BCUT2D eigenvalue weighted by atomic mass is 9.70. The number of carbonyl (C=O) groups excluding carboxylic acids is 3. The van der Waals surface area contributed by atoms with Crippen LogP contribution in [0.5, 0.6) is 0 Å². The zero-order chi connectivity index (χ0) is 23.4. The number of benzene rings is 1. The number of carbonyl (C=O) groups is 3. The average Bonchev–Trinajstić information content (AvgIpc) is 3.05. The highest BCUT2D eigenvalue weighted by molar-refractivity contribution is 5.96. The Labute approximate surface area is 189 Å². The van der Waals surface area contributed by atoms with E-state index in [-0.39, 0.29) is 36.9 Å². The molecule has 32 heavy (non-hydrogen) atoms. The van der Waals surface area contributed by atoms with E-state index in [9.17, 15) is 19.5 Å². The molecule has 1 aromatic rings. The van der Waals surface area contributed by atoms with Gasteiger partial charge in [-0.25, -0.2) is 0 Å². The van der Waals surface area contributed by atoms with E-state index in [1.807, 2.05) is 63.3 Å². The summed E-state index contributed by atoms with van der Waals surface area (Å²) >= 11 is 0. The highest BCUT2D eigenvalue weighted by Gasteiger charge is 2.58. The van der Waals surface area contributed by atoms with Gasteiger partial charge in [-0.2, -0.15) is 0 Å². The molecule has 3 rings (SSSR count). The second-order valence-corrected chi connectivity index (χ2v) is 9.01. The Kier molecular flexibility index (Phi) is 7.72. The van der Waals surface area contributed by atoms with Crippen molar-refractivity contribution in [1.82, 2.24) is 10.2 Å². The second-order valence-electron chi connectivity index (χ2n) is 9.01. The predicted molar refractivity (Wildman–Crippen MR) is 120 cm³/mol. The van der Waals surface area contributed by atoms with Gasteiger partial charge in [0.2, 0.25) is 11.8 Å². The van der Waals surface area contributed by atoms with E-state index >= 15 is 0 Å². The number of ether oxygens (including phenoxy) is 1. The Morgan fingerprint density at radius 1 is 1.19 bits per heavy atom. The molecule has 0 unspecified atom stereocenters. The van der Waals surface area contributed by atoms with Crippen LogP contribution in [-0.4, -0.2) is 53.1 Å². The van der Waals surface area contributed by atoms with Gasteiger partial charge < -0.3 is 20.1 Å². The molecule has 1 aliphatic carbocycles. The first kappa shape index (κ1) is 24.0. The van der Waals surface area contributed by atoms with Gasteiger partial charge in [-0.15, -0.1) is 0 Å². The molecule has 7 nitrogen and oxygen atoms in total. The second kappa shape index (κ2) is 10.3. The zero-order valence-electron chi connectivity index (χ0n) is 19.2. The lowest BCUT2D eigenvalue weighted by Crippen LogP contribution is -2.53. The molecule has 0 radical (unpaired) electrons. The first-order valence-electron chi connectivity index (χ1n) is 11.4. The molecule has 6 atom stereocenters. The fraction of sp³-hybridized carbons (Fsp3) is 0.560. The van der Waals surface area contributed by atoms with Crippen molar-refractivity contribution in [3.05, 3.63) is 48.0 Å². The topological polar surface area (TPSA) is 95.9 Å². The number of hydrogen-bond donors (Lipinski definition) is 2. The number of amides is 2. The summed E-state index contributed by atoms with van der Waals surface area (Å²) < 4.78 is 5.29. The van der Waals surface area contributed by atoms with Gasteiger partial charge in [-0.05, 0) is 24.3 Å². The van der Waals surface area contributed by atoms with Gasteiger partial charge in [0.15, 0.2) is 0 Å². The van der Waals surface area contributed by atoms with Crippen molar-refractivity contribution in [1.29, 1.82) is 0 Å². The number of aliphatic hydroxyl groups excluding tert-OH is 1. The minimum absolute atomic E-state index is 0.0593. The van der Waals surface area contributed by atoms with Crippen molar-refractivity contribution in [2.45, 2.75) is 46.3 Å². The van der Waals surface area contributed by atoms with Crippen molar-refractivity contribution in [3.63, 3.8) is 0 Å². The van der Waals surface area contributed by atoms with Gasteiger partial charge in [0.05, 0.1) is 31.1 Å². The van der Waals surface area contributed by atoms with E-state index in [0.717, 1.165) is 5.56 Å². The molecule has 1 fully saturated rings. The number of nitrogens with one attached hydrogen (secondary N) is 1. The minimum atomic E-state index is -0.795. The summed E-state index contributed by atoms with van der Waals surface area (Å²) in [6, 6.07) is 8.24. The van der Waals surface area contributed by atoms with Crippen LogP contribution in [0.25, 0.3) is 0 Å². The quantitative estimate of drug-likeness (QED) is 0.475. The molecule has 7 heteroatoms. The Bertz CT molecular complexity index is 853. The van der Waals surface area contributed by atoms with E-state index in [2.05, 4.69) is 5.32 Å². The highest BCUT2D eigenvalue weighted by atomic mass is 16.5. The standard InChI is InChI=1S/C25H34N2O5/c1-5-32-25(31)20-16(4)11-12-18-21(20)24(30)27(19(14-28)15(2)3)22(18)23(29)26-13-17-9-7-6-8-10-17/h6-12,15-16,18-22,28H,5,13-14H2,1-4H3,(H,26,29)/t16-,18+,19+,20-,21+,22+/m1/s1. The molecule has 0 saturated carbocycles. The van der Waals surface area contributed by atoms with Crippen molar-refractivity contribution < 1.29 is 24.2 Å². The number of aliphatic hydroxyl groups is 1. The highest BCUT2D eigenvalue weighted by Crippen LogP contribution is 2.45. The smallest absolute Gasteiger partial charge is 0.310 e. The molecule has 1 aromatic carbocycles. The summed E-state index contributed by atoms with van der Waals surface area (Å²) in [7, 11) is 0. The predicted octanol–water partition coefficient (Wildman–Crippen LogP) is 2.15. The number of allylic oxidation sites excluding steroid dienone is 1. The average molecular weight is 443 g/mol. The Balaban J connectivity index is 1.96. The van der Waals surface area contributed by atoms with E-state index in [1.54, 1.807) is 6.92 Å². The van der Waals surface area contributed by atoms with E-state index in [1.165, 1.54) is 4.90 Å². The molecule has 0 spiro atoms. The number of likely N-dealkylation sites (tertiary alicyclic amines) is 1. The van der Waals surface area contributed by atoms with Crippen molar-refractivity contribution >= 4 is 17.8 Å². The largest absolute Gasteiger partial charge is 0.466 e. The van der Waals surface area contributed by atoms with Crippen LogP contribution in [0, 0.1) is 29.6 Å². The Morgan fingerprint density at radius 3 is 2.47 bits per heavy atom. The lowest BCUT2D eigenvalue weighted by molar-refractivity contribution is -0.156. The number of esters is 1. The lowest BCUT2D eigenvalue weighted by Gasteiger charge is -2.35. The molecule has 1 saturated heterocycles. The number of rotatable bonds is 8. The maximum Gasteiger partial charge on any atom is 0.310 e. The number of hydrogen-bond acceptors (Lipinski definition) is 5. The van der Waals surface area contributed by atoms with Gasteiger partial charge >= 0.3 is 5.97 Å². The minimum Gasteiger partial charge on any atom is -0.466 e. The first-order valence-corrected chi connectivity index (χ1v) is 11.4. The molecular formula is C25H34N2O5. The van der Waals surface area contributed by atoms with Gasteiger partial charge in [0.1, 0.15) is 6.04 Å². The summed E-state index contributed by atoms with van der Waals surface area (Å²) in [4.78, 5) is 41.4. The van der Waals surface area contributed by atoms with Gasteiger partial charge in [0, 0.05) is 12.5 Å². The van der Waals surface area contributed by atoms with Crippen LogP contribution >= 0.6 is 0 Å². The zero-order valence-corrected chi connectivity index (χ0v) is 19.2. The maximum absolute atomic E-state index is 13.7. The number of nitrogens with zero attached hydrogens (tertiary/aromatic N) is 1. The number of fused-ring (bicyclic) bond motifs is 1. The van der Waals surface area contributed by atoms with Crippen LogP contribution in [0.2, 0.25) is 0 Å². The van der Waals surface area contributed by atoms with E-state index in [4.69, 9.17) is 4.74 Å². The van der Waals surface area contributed by atoms with E-state index < -0.39 is 35.8 Å². The Morgan fingerprint density at radius 2 is 1.88 bits per heavy atom. The van der Waals surface area contributed by atoms with Crippen LogP contribution in [0.3, 0.4) is 0 Å². The van der Waals surface area contributed by atoms with Crippen molar-refractivity contribution in [2.75, 3.05) is 13.2 Å². The van der Waals surface area contributed by atoms with Crippen LogP contribution in [0.15, 0.2) is 42.5 Å². The van der Waals surface area contributed by atoms with Gasteiger partial charge in [-0.1, -0.05) is 63.3 Å². The maximum atomic E-state index is 13.7. The third-order valence-electron chi connectivity index (χ3n) is 6.66. The summed E-state index contributed by atoms with van der Waals surface area (Å²) in [6.45, 7) is 7.76. The first-order chi connectivity index (χ1) is 15.3. The SMILES string of the molecule is CCOC(=O)[C@H]1[C@H]2C(=O)N([C@@H](CO)C(C)C)[C@H](C(=O)NCc3ccccc3)[C@H]2C=C[C@H]1C. The fourth-order valence-electron chi connectivity index (χ4n) is 5.00. The summed E-state index contributed by atoms with van der Waals surface area (Å²) in [5.74, 6) is -3.00. The van der Waals surface area contributed by atoms with Gasteiger partial charge in [-0.3, -0.25) is 14.4 Å². The van der Waals surface area contributed by atoms with Crippen molar-refractivity contribution in [3.8, 4) is 0 Å². The normalized spacial score (nSPS) is 27.9. The summed E-state index contributed by atoms with van der Waals surface area (Å²) in [5.41, 5.74) is 0.952. The molecule has 2 aliphatic rings. The third kappa shape index (κ3) is 4.58. The molecular weight excluding hydrogens is 408 g/mol. The van der Waals surface area contributed by atoms with Crippen LogP contribution in [0.1, 0.15) is 33.3 Å². The molecule has 174 valence electrons. The molecule has 0 bridgehead atoms. The Hall–Kier alpha value is -2.67. The van der Waals surface area contributed by atoms with Crippen molar-refractivity contribution in [2.24, 2.45) is 29.6 Å². The van der Waals surface area contributed by atoms with Gasteiger partial charge in [0.25, 0.3) is 0 Å².